The Morgan fingerprint density at radius 2 is 2.05 bits per heavy atom. The molecule has 0 saturated heterocycles. The topological polar surface area (TPSA) is 81.0 Å². The van der Waals surface area contributed by atoms with E-state index in [0.717, 1.165) is 0 Å². The van der Waals surface area contributed by atoms with E-state index in [1.165, 1.54) is 0 Å². The predicted molar refractivity (Wildman–Crippen MR) is 69.5 cm³/mol. The summed E-state index contributed by atoms with van der Waals surface area (Å²) in [6.07, 6.45) is -5.36. The summed E-state index contributed by atoms with van der Waals surface area (Å²) >= 11 is 0. The van der Waals surface area contributed by atoms with Gasteiger partial charge in [-0.25, -0.2) is 0 Å². The maximum absolute atomic E-state index is 12.1. The van der Waals surface area contributed by atoms with Crippen LogP contribution < -0.4 is 10.5 Å². The fourth-order valence-electron chi connectivity index (χ4n) is 1.83. The number of alkyl halides is 3. The van der Waals surface area contributed by atoms with Crippen LogP contribution in [0.1, 0.15) is 18.6 Å². The van der Waals surface area contributed by atoms with Crippen molar-refractivity contribution >= 4 is 16.8 Å². The highest BCUT2D eigenvalue weighted by Crippen LogP contribution is 2.33. The average Bonchev–Trinajstić information content (AvgIpc) is 2.80. The third-order valence-corrected chi connectivity index (χ3v) is 2.74. The SMILES string of the molecule is N/C(=N/O)c1oc2ccccc2c1OCCCC(F)(F)F. The largest absolute Gasteiger partial charge is 0.489 e. The number of furan rings is 1. The van der Waals surface area contributed by atoms with Gasteiger partial charge < -0.3 is 20.1 Å². The molecule has 1 aromatic carbocycles. The number of benzene rings is 1. The van der Waals surface area contributed by atoms with Gasteiger partial charge in [0.15, 0.2) is 5.75 Å². The molecule has 0 amide bonds. The molecule has 0 fully saturated rings. The second kappa shape index (κ2) is 5.94. The van der Waals surface area contributed by atoms with E-state index in [2.05, 4.69) is 5.16 Å². The number of amidine groups is 1. The Labute approximate surface area is 117 Å². The summed E-state index contributed by atoms with van der Waals surface area (Å²) in [5.74, 6) is -0.147. The maximum atomic E-state index is 12.1. The molecule has 0 bridgehead atoms. The second-order valence-corrected chi connectivity index (χ2v) is 4.31. The molecule has 1 aromatic heterocycles. The smallest absolute Gasteiger partial charge is 0.389 e. The van der Waals surface area contributed by atoms with Crippen molar-refractivity contribution in [3.05, 3.63) is 30.0 Å². The van der Waals surface area contributed by atoms with E-state index in [1.54, 1.807) is 24.3 Å². The molecule has 3 N–H and O–H groups in total. The van der Waals surface area contributed by atoms with E-state index in [1.807, 2.05) is 0 Å². The molecule has 0 atom stereocenters. The lowest BCUT2D eigenvalue weighted by Gasteiger charge is -2.08. The zero-order valence-electron chi connectivity index (χ0n) is 10.9. The molecule has 0 aliphatic rings. The third kappa shape index (κ3) is 3.59. The number of para-hydroxylation sites is 1. The summed E-state index contributed by atoms with van der Waals surface area (Å²) in [5.41, 5.74) is 5.91. The molecule has 0 unspecified atom stereocenters. The van der Waals surface area contributed by atoms with Crippen LogP contribution >= 0.6 is 0 Å². The standard InChI is InChI=1S/C13H13F3N2O3/c14-13(15,16)6-3-7-20-10-8-4-1-2-5-9(8)21-11(10)12(17)18-19/h1-2,4-5,19H,3,6-7H2,(H2,17,18). The van der Waals surface area contributed by atoms with Gasteiger partial charge in [0, 0.05) is 6.42 Å². The average molecular weight is 302 g/mol. The minimum atomic E-state index is -4.23. The van der Waals surface area contributed by atoms with Crippen LogP contribution in [0.25, 0.3) is 11.0 Å². The molecule has 21 heavy (non-hydrogen) atoms. The lowest BCUT2D eigenvalue weighted by atomic mass is 10.2. The van der Waals surface area contributed by atoms with Gasteiger partial charge in [-0.2, -0.15) is 13.2 Å². The van der Waals surface area contributed by atoms with Crippen LogP contribution in [0, 0.1) is 0 Å². The van der Waals surface area contributed by atoms with Crippen molar-refractivity contribution in [3.63, 3.8) is 0 Å². The van der Waals surface area contributed by atoms with Gasteiger partial charge in [0.2, 0.25) is 11.6 Å². The van der Waals surface area contributed by atoms with Crippen LogP contribution in [-0.4, -0.2) is 23.8 Å². The number of oxime groups is 1. The van der Waals surface area contributed by atoms with Crippen molar-refractivity contribution in [2.75, 3.05) is 6.61 Å². The van der Waals surface area contributed by atoms with Gasteiger partial charge >= 0.3 is 6.18 Å². The van der Waals surface area contributed by atoms with Gasteiger partial charge in [-0.15, -0.1) is 0 Å². The highest BCUT2D eigenvalue weighted by Gasteiger charge is 2.26. The summed E-state index contributed by atoms with van der Waals surface area (Å²) in [7, 11) is 0. The van der Waals surface area contributed by atoms with E-state index in [4.69, 9.17) is 20.1 Å². The summed E-state index contributed by atoms with van der Waals surface area (Å²) in [6.45, 7) is -0.158. The molecule has 2 rings (SSSR count). The molecular weight excluding hydrogens is 289 g/mol. The molecule has 0 aliphatic heterocycles. The Hall–Kier alpha value is -2.38. The van der Waals surface area contributed by atoms with Crippen molar-refractivity contribution in [1.82, 2.24) is 0 Å². The quantitative estimate of drug-likeness (QED) is 0.292. The van der Waals surface area contributed by atoms with E-state index in [-0.39, 0.29) is 30.4 Å². The van der Waals surface area contributed by atoms with Crippen molar-refractivity contribution < 1.29 is 27.5 Å². The normalized spacial score (nSPS) is 12.8. The zero-order chi connectivity index (χ0) is 15.5. The third-order valence-electron chi connectivity index (χ3n) is 2.74. The number of hydrogen-bond donors (Lipinski definition) is 2. The first-order valence-corrected chi connectivity index (χ1v) is 6.11. The maximum Gasteiger partial charge on any atom is 0.389 e. The van der Waals surface area contributed by atoms with Crippen molar-refractivity contribution in [3.8, 4) is 5.75 Å². The predicted octanol–water partition coefficient (Wildman–Crippen LogP) is 3.25. The van der Waals surface area contributed by atoms with Gasteiger partial charge in [-0.1, -0.05) is 17.3 Å². The molecule has 0 radical (unpaired) electrons. The number of halogens is 3. The Morgan fingerprint density at radius 3 is 2.71 bits per heavy atom. The fraction of sp³-hybridized carbons (Fsp3) is 0.308. The summed E-state index contributed by atoms with van der Waals surface area (Å²) < 4.78 is 47.0. The van der Waals surface area contributed by atoms with Gasteiger partial charge in [-0.3, -0.25) is 0 Å². The number of ether oxygens (including phenoxy) is 1. The van der Waals surface area contributed by atoms with Gasteiger partial charge in [0.05, 0.1) is 12.0 Å². The highest BCUT2D eigenvalue weighted by atomic mass is 19.4. The van der Waals surface area contributed by atoms with E-state index in [0.29, 0.717) is 11.0 Å². The van der Waals surface area contributed by atoms with Gasteiger partial charge in [-0.05, 0) is 18.6 Å². The van der Waals surface area contributed by atoms with E-state index in [9.17, 15) is 13.2 Å². The summed E-state index contributed by atoms with van der Waals surface area (Å²) in [5, 5.41) is 12.1. The Morgan fingerprint density at radius 1 is 1.33 bits per heavy atom. The monoisotopic (exact) mass is 302 g/mol. The van der Waals surface area contributed by atoms with Crippen molar-refractivity contribution in [2.45, 2.75) is 19.0 Å². The first kappa shape index (κ1) is 15.0. The molecule has 2 aromatic rings. The van der Waals surface area contributed by atoms with Crippen LogP contribution in [0.4, 0.5) is 13.2 Å². The lowest BCUT2D eigenvalue weighted by Crippen LogP contribution is -2.14. The Kier molecular flexibility index (Phi) is 4.25. The van der Waals surface area contributed by atoms with Crippen LogP contribution in [0.15, 0.2) is 33.8 Å². The highest BCUT2D eigenvalue weighted by molar-refractivity contribution is 6.03. The second-order valence-electron chi connectivity index (χ2n) is 4.31. The number of fused-ring (bicyclic) bond motifs is 1. The first-order chi connectivity index (χ1) is 9.92. The van der Waals surface area contributed by atoms with Crippen LogP contribution in [0.3, 0.4) is 0 Å². The van der Waals surface area contributed by atoms with E-state index >= 15 is 0 Å². The zero-order valence-corrected chi connectivity index (χ0v) is 10.9. The number of hydrogen-bond acceptors (Lipinski definition) is 4. The Bertz CT molecular complexity index is 650. The number of rotatable bonds is 5. The molecule has 114 valence electrons. The van der Waals surface area contributed by atoms with Crippen LogP contribution in [0.2, 0.25) is 0 Å². The molecule has 0 spiro atoms. The van der Waals surface area contributed by atoms with Crippen molar-refractivity contribution in [2.24, 2.45) is 10.9 Å². The molecular formula is C13H13F3N2O3. The van der Waals surface area contributed by atoms with Crippen LogP contribution in [-0.2, 0) is 0 Å². The van der Waals surface area contributed by atoms with Crippen molar-refractivity contribution in [1.29, 1.82) is 0 Å². The van der Waals surface area contributed by atoms with Gasteiger partial charge in [0.1, 0.15) is 5.58 Å². The fourth-order valence-corrected chi connectivity index (χ4v) is 1.83. The number of nitrogens with two attached hydrogens (primary N) is 1. The molecule has 0 aliphatic carbocycles. The van der Waals surface area contributed by atoms with E-state index < -0.39 is 12.6 Å². The minimum absolute atomic E-state index is 0.00860. The van der Waals surface area contributed by atoms with Gasteiger partial charge in [0.25, 0.3) is 0 Å². The number of nitrogens with zero attached hydrogens (tertiary/aromatic N) is 1. The van der Waals surface area contributed by atoms with Crippen LogP contribution in [0.5, 0.6) is 5.75 Å². The lowest BCUT2D eigenvalue weighted by molar-refractivity contribution is -0.136. The molecule has 1 heterocycles. The minimum Gasteiger partial charge on any atom is -0.489 e. The first-order valence-electron chi connectivity index (χ1n) is 6.11. The Balaban J connectivity index is 2.20. The molecule has 0 saturated carbocycles. The summed E-state index contributed by atoms with van der Waals surface area (Å²) in [6, 6.07) is 6.75. The molecule has 5 nitrogen and oxygen atoms in total. The molecule has 8 heteroatoms. The summed E-state index contributed by atoms with van der Waals surface area (Å²) in [4.78, 5) is 0.